The fraction of sp³-hybridized carbons (Fsp3) is 1.00. The first-order chi connectivity index (χ1) is 6.61. The van der Waals surface area contributed by atoms with Gasteiger partial charge in [0.1, 0.15) is 0 Å². The molecule has 3 heteroatoms. The van der Waals surface area contributed by atoms with Crippen LogP contribution in [0.15, 0.2) is 0 Å². The lowest BCUT2D eigenvalue weighted by molar-refractivity contribution is 0.0846. The van der Waals surface area contributed by atoms with Crippen LogP contribution >= 0.6 is 0 Å². The van der Waals surface area contributed by atoms with Crippen LogP contribution in [-0.2, 0) is 0 Å². The molecule has 1 saturated carbocycles. The molecule has 0 bridgehead atoms. The minimum atomic E-state index is -0.0839. The second kappa shape index (κ2) is 5.69. The summed E-state index contributed by atoms with van der Waals surface area (Å²) in [6, 6.07) is 0.414. The third-order valence-corrected chi connectivity index (χ3v) is 3.13. The molecule has 14 heavy (non-hydrogen) atoms. The number of aliphatic hydroxyl groups excluding tert-OH is 1. The summed E-state index contributed by atoms with van der Waals surface area (Å²) in [7, 11) is 6.34. The lowest BCUT2D eigenvalue weighted by Crippen LogP contribution is -2.38. The zero-order valence-electron chi connectivity index (χ0n) is 9.74. The van der Waals surface area contributed by atoms with Crippen LogP contribution in [0.2, 0.25) is 0 Å². The molecule has 3 nitrogen and oxygen atoms in total. The summed E-state index contributed by atoms with van der Waals surface area (Å²) in [4.78, 5) is 4.53. The zero-order valence-corrected chi connectivity index (χ0v) is 9.74. The van der Waals surface area contributed by atoms with E-state index in [0.29, 0.717) is 6.04 Å². The van der Waals surface area contributed by atoms with E-state index >= 15 is 0 Å². The van der Waals surface area contributed by atoms with Crippen molar-refractivity contribution in [3.05, 3.63) is 0 Å². The predicted octanol–water partition coefficient (Wildman–Crippen LogP) is 0.783. The molecule has 0 aliphatic heterocycles. The summed E-state index contributed by atoms with van der Waals surface area (Å²) in [5.74, 6) is 0. The van der Waals surface area contributed by atoms with E-state index in [-0.39, 0.29) is 6.10 Å². The van der Waals surface area contributed by atoms with Gasteiger partial charge in [-0.2, -0.15) is 0 Å². The maximum Gasteiger partial charge on any atom is 0.0695 e. The third kappa shape index (κ3) is 3.56. The van der Waals surface area contributed by atoms with E-state index in [1.165, 1.54) is 19.3 Å². The van der Waals surface area contributed by atoms with Gasteiger partial charge >= 0.3 is 0 Å². The summed E-state index contributed by atoms with van der Waals surface area (Å²) < 4.78 is 0. The molecule has 0 spiro atoms. The average Bonchev–Trinajstić information content (AvgIpc) is 2.50. The van der Waals surface area contributed by atoms with E-state index in [0.717, 1.165) is 19.5 Å². The van der Waals surface area contributed by atoms with Gasteiger partial charge in [0.25, 0.3) is 0 Å². The van der Waals surface area contributed by atoms with Crippen LogP contribution in [0.3, 0.4) is 0 Å². The minimum Gasteiger partial charge on any atom is -0.391 e. The Balaban J connectivity index is 2.17. The third-order valence-electron chi connectivity index (χ3n) is 3.13. The van der Waals surface area contributed by atoms with Gasteiger partial charge in [-0.05, 0) is 59.9 Å². The first kappa shape index (κ1) is 12.0. The second-order valence-corrected chi connectivity index (χ2v) is 4.70. The number of aliphatic hydroxyl groups is 1. The SMILES string of the molecule is CN(C)CCCN(C)[C@H]1CCC[C@@H]1O. The van der Waals surface area contributed by atoms with Crippen molar-refractivity contribution in [1.29, 1.82) is 0 Å². The van der Waals surface area contributed by atoms with Gasteiger partial charge in [-0.25, -0.2) is 0 Å². The molecule has 0 heterocycles. The maximum atomic E-state index is 9.72. The molecule has 0 saturated heterocycles. The Hall–Kier alpha value is -0.120. The van der Waals surface area contributed by atoms with Gasteiger partial charge in [0.2, 0.25) is 0 Å². The molecule has 1 N–H and O–H groups in total. The molecule has 0 aromatic heterocycles. The van der Waals surface area contributed by atoms with Crippen molar-refractivity contribution in [3.8, 4) is 0 Å². The number of rotatable bonds is 5. The predicted molar refractivity (Wildman–Crippen MR) is 59.4 cm³/mol. The number of nitrogens with zero attached hydrogens (tertiary/aromatic N) is 2. The van der Waals surface area contributed by atoms with Crippen LogP contribution < -0.4 is 0 Å². The first-order valence-corrected chi connectivity index (χ1v) is 5.64. The summed E-state index contributed by atoms with van der Waals surface area (Å²) >= 11 is 0. The molecule has 0 aromatic carbocycles. The molecule has 1 aliphatic rings. The molecule has 1 fully saturated rings. The van der Waals surface area contributed by atoms with Crippen LogP contribution in [0.5, 0.6) is 0 Å². The summed E-state index contributed by atoms with van der Waals surface area (Å²) in [6.07, 6.45) is 4.44. The van der Waals surface area contributed by atoms with Crippen LogP contribution in [0.1, 0.15) is 25.7 Å². The highest BCUT2D eigenvalue weighted by Gasteiger charge is 2.27. The van der Waals surface area contributed by atoms with E-state index in [1.807, 2.05) is 0 Å². The summed E-state index contributed by atoms with van der Waals surface area (Å²) in [6.45, 7) is 2.23. The van der Waals surface area contributed by atoms with Crippen molar-refractivity contribution in [1.82, 2.24) is 9.80 Å². The number of likely N-dealkylation sites (N-methyl/N-ethyl adjacent to an activating group) is 1. The van der Waals surface area contributed by atoms with E-state index in [4.69, 9.17) is 0 Å². The van der Waals surface area contributed by atoms with Crippen molar-refractivity contribution in [2.75, 3.05) is 34.2 Å². The van der Waals surface area contributed by atoms with Gasteiger partial charge < -0.3 is 14.9 Å². The van der Waals surface area contributed by atoms with Gasteiger partial charge in [-0.3, -0.25) is 0 Å². The Morgan fingerprint density at radius 3 is 2.36 bits per heavy atom. The molecular weight excluding hydrogens is 176 g/mol. The highest BCUT2D eigenvalue weighted by atomic mass is 16.3. The minimum absolute atomic E-state index is 0.0839. The van der Waals surface area contributed by atoms with Crippen molar-refractivity contribution in [3.63, 3.8) is 0 Å². The molecule has 0 amide bonds. The van der Waals surface area contributed by atoms with Crippen molar-refractivity contribution in [2.45, 2.75) is 37.8 Å². The monoisotopic (exact) mass is 200 g/mol. The molecule has 1 aliphatic carbocycles. The normalized spacial score (nSPS) is 27.9. The van der Waals surface area contributed by atoms with Crippen LogP contribution in [0.4, 0.5) is 0 Å². The largest absolute Gasteiger partial charge is 0.391 e. The van der Waals surface area contributed by atoms with E-state index < -0.39 is 0 Å². The molecule has 0 aromatic rings. The number of hydrogen-bond donors (Lipinski definition) is 1. The molecule has 2 atom stereocenters. The van der Waals surface area contributed by atoms with E-state index in [1.54, 1.807) is 0 Å². The molecule has 0 unspecified atom stereocenters. The lowest BCUT2D eigenvalue weighted by atomic mass is 10.2. The maximum absolute atomic E-state index is 9.72. The van der Waals surface area contributed by atoms with Gasteiger partial charge in [0.15, 0.2) is 0 Å². The molecule has 84 valence electrons. The standard InChI is InChI=1S/C11H24N2O/c1-12(2)8-5-9-13(3)10-6-4-7-11(10)14/h10-11,14H,4-9H2,1-3H3/t10-,11-/m0/s1. The Morgan fingerprint density at radius 2 is 1.86 bits per heavy atom. The van der Waals surface area contributed by atoms with Crippen molar-refractivity contribution in [2.24, 2.45) is 0 Å². The lowest BCUT2D eigenvalue weighted by Gasteiger charge is -2.27. The molecular formula is C11H24N2O. The summed E-state index contributed by atoms with van der Waals surface area (Å²) in [5.41, 5.74) is 0. The fourth-order valence-electron chi connectivity index (χ4n) is 2.24. The van der Waals surface area contributed by atoms with Crippen LogP contribution in [-0.4, -0.2) is 61.3 Å². The topological polar surface area (TPSA) is 26.7 Å². The van der Waals surface area contributed by atoms with E-state index in [9.17, 15) is 5.11 Å². The van der Waals surface area contributed by atoms with Gasteiger partial charge in [-0.1, -0.05) is 0 Å². The van der Waals surface area contributed by atoms with Gasteiger partial charge in [-0.15, -0.1) is 0 Å². The Morgan fingerprint density at radius 1 is 1.14 bits per heavy atom. The first-order valence-electron chi connectivity index (χ1n) is 5.64. The second-order valence-electron chi connectivity index (χ2n) is 4.70. The van der Waals surface area contributed by atoms with Gasteiger partial charge in [0, 0.05) is 6.04 Å². The van der Waals surface area contributed by atoms with Crippen LogP contribution in [0.25, 0.3) is 0 Å². The van der Waals surface area contributed by atoms with Crippen molar-refractivity contribution >= 4 is 0 Å². The highest BCUT2D eigenvalue weighted by molar-refractivity contribution is 4.83. The van der Waals surface area contributed by atoms with Crippen LogP contribution in [0, 0.1) is 0 Å². The Kier molecular flexibility index (Phi) is 4.85. The molecule has 1 rings (SSSR count). The summed E-state index contributed by atoms with van der Waals surface area (Å²) in [5, 5.41) is 9.72. The van der Waals surface area contributed by atoms with Crippen molar-refractivity contribution < 1.29 is 5.11 Å². The Labute approximate surface area is 87.7 Å². The fourth-order valence-corrected chi connectivity index (χ4v) is 2.24. The molecule has 0 radical (unpaired) electrons. The Bertz CT molecular complexity index is 161. The van der Waals surface area contributed by atoms with E-state index in [2.05, 4.69) is 30.9 Å². The smallest absolute Gasteiger partial charge is 0.0695 e. The zero-order chi connectivity index (χ0) is 10.6. The van der Waals surface area contributed by atoms with Gasteiger partial charge in [0.05, 0.1) is 6.10 Å². The quantitative estimate of drug-likeness (QED) is 0.710. The highest BCUT2D eigenvalue weighted by Crippen LogP contribution is 2.23. The number of hydrogen-bond acceptors (Lipinski definition) is 3. The average molecular weight is 200 g/mol.